The number of hydrogen-bond acceptors (Lipinski definition) is 5. The van der Waals surface area contributed by atoms with Gasteiger partial charge in [0.25, 0.3) is 15.9 Å². The van der Waals surface area contributed by atoms with Gasteiger partial charge >= 0.3 is 5.97 Å². The molecule has 0 heterocycles. The van der Waals surface area contributed by atoms with Crippen LogP contribution in [0.15, 0.2) is 57.9 Å². The molecular formula is C19H20BrNO5S. The van der Waals surface area contributed by atoms with E-state index in [2.05, 4.69) is 15.9 Å². The minimum atomic E-state index is -4.02. The van der Waals surface area contributed by atoms with Crippen LogP contribution in [0, 0.1) is 0 Å². The molecule has 8 heteroatoms. The van der Waals surface area contributed by atoms with Gasteiger partial charge in [-0.3, -0.25) is 9.59 Å². The Morgan fingerprint density at radius 2 is 1.56 bits per heavy atom. The molecule has 2 rings (SSSR count). The maximum atomic E-state index is 12.4. The predicted molar refractivity (Wildman–Crippen MR) is 105 cm³/mol. The van der Waals surface area contributed by atoms with Crippen LogP contribution in [0.2, 0.25) is 0 Å². The van der Waals surface area contributed by atoms with Crippen molar-refractivity contribution in [3.05, 3.63) is 64.1 Å². The first-order valence-electron chi connectivity index (χ1n) is 8.10. The lowest BCUT2D eigenvalue weighted by molar-refractivity contribution is -0.153. The number of ether oxygens (including phenoxy) is 1. The summed E-state index contributed by atoms with van der Waals surface area (Å²) in [5.41, 5.74) is 0.253. The minimum Gasteiger partial charge on any atom is -0.460 e. The van der Waals surface area contributed by atoms with E-state index in [9.17, 15) is 18.0 Å². The molecular weight excluding hydrogens is 434 g/mol. The molecule has 0 aliphatic heterocycles. The largest absolute Gasteiger partial charge is 0.460 e. The van der Waals surface area contributed by atoms with E-state index < -0.39 is 27.5 Å². The van der Waals surface area contributed by atoms with Crippen molar-refractivity contribution in [2.45, 2.75) is 37.7 Å². The lowest BCUT2D eigenvalue weighted by Crippen LogP contribution is -2.30. The summed E-state index contributed by atoms with van der Waals surface area (Å²) in [6, 6.07) is 12.0. The van der Waals surface area contributed by atoms with Crippen molar-refractivity contribution in [1.29, 1.82) is 0 Å². The van der Waals surface area contributed by atoms with Gasteiger partial charge in [-0.1, -0.05) is 28.1 Å². The summed E-state index contributed by atoms with van der Waals surface area (Å²) in [4.78, 5) is 23.9. The molecule has 0 atom stereocenters. The zero-order valence-corrected chi connectivity index (χ0v) is 17.6. The second-order valence-corrected chi connectivity index (χ2v) is 9.45. The van der Waals surface area contributed by atoms with Crippen LogP contribution >= 0.6 is 15.9 Å². The van der Waals surface area contributed by atoms with Crippen LogP contribution in [0.1, 0.15) is 36.7 Å². The van der Waals surface area contributed by atoms with Gasteiger partial charge in [-0.15, -0.1) is 0 Å². The molecule has 0 radical (unpaired) electrons. The fourth-order valence-electron chi connectivity index (χ4n) is 2.17. The molecule has 0 aliphatic rings. The van der Waals surface area contributed by atoms with E-state index in [4.69, 9.17) is 4.74 Å². The van der Waals surface area contributed by atoms with Crippen molar-refractivity contribution < 1.29 is 22.7 Å². The Bertz CT molecular complexity index is 930. The van der Waals surface area contributed by atoms with Crippen molar-refractivity contribution in [3.8, 4) is 0 Å². The number of rotatable bonds is 5. The van der Waals surface area contributed by atoms with Crippen molar-refractivity contribution >= 4 is 37.8 Å². The van der Waals surface area contributed by atoms with Gasteiger partial charge in [-0.05, 0) is 62.7 Å². The van der Waals surface area contributed by atoms with E-state index in [1.807, 2.05) is 4.72 Å². The first-order chi connectivity index (χ1) is 12.5. The van der Waals surface area contributed by atoms with Crippen LogP contribution in [-0.2, 0) is 26.0 Å². The fourth-order valence-corrected chi connectivity index (χ4v) is 3.41. The summed E-state index contributed by atoms with van der Waals surface area (Å²) in [6.07, 6.45) is 0.0306. The quantitative estimate of drug-likeness (QED) is 0.700. The Hall–Kier alpha value is -2.19. The van der Waals surface area contributed by atoms with E-state index >= 15 is 0 Å². The SMILES string of the molecule is CC(C)(C)OC(=O)Cc1ccc(S(=O)(=O)NC(=O)c2ccc(Br)cc2)cc1. The highest BCUT2D eigenvalue weighted by molar-refractivity contribution is 9.10. The summed E-state index contributed by atoms with van der Waals surface area (Å²) in [5.74, 6) is -1.12. The Morgan fingerprint density at radius 1 is 1.00 bits per heavy atom. The van der Waals surface area contributed by atoms with Gasteiger partial charge in [-0.25, -0.2) is 13.1 Å². The third-order valence-electron chi connectivity index (χ3n) is 3.34. The molecule has 0 aromatic heterocycles. The van der Waals surface area contributed by atoms with Gasteiger partial charge in [-0.2, -0.15) is 0 Å². The average molecular weight is 454 g/mol. The third-order valence-corrected chi connectivity index (χ3v) is 5.21. The molecule has 0 unspecified atom stereocenters. The molecule has 6 nitrogen and oxygen atoms in total. The van der Waals surface area contributed by atoms with Crippen LogP contribution in [0.3, 0.4) is 0 Å². The summed E-state index contributed by atoms with van der Waals surface area (Å²) in [7, 11) is -4.02. The molecule has 1 N–H and O–H groups in total. The number of amides is 1. The summed E-state index contributed by atoms with van der Waals surface area (Å²) in [5, 5.41) is 0. The summed E-state index contributed by atoms with van der Waals surface area (Å²) >= 11 is 3.25. The number of hydrogen-bond donors (Lipinski definition) is 1. The summed E-state index contributed by atoms with van der Waals surface area (Å²) < 4.78 is 32.8. The second kappa shape index (κ2) is 8.22. The van der Waals surface area contributed by atoms with Gasteiger partial charge in [0.05, 0.1) is 11.3 Å². The normalized spacial score (nSPS) is 11.7. The van der Waals surface area contributed by atoms with Gasteiger partial charge in [0, 0.05) is 10.0 Å². The molecule has 0 saturated heterocycles. The molecule has 27 heavy (non-hydrogen) atoms. The standard InChI is InChI=1S/C19H20BrNO5S/c1-19(2,3)26-17(22)12-13-4-10-16(11-5-13)27(24,25)21-18(23)14-6-8-15(20)9-7-14/h4-11H,12H2,1-3H3,(H,21,23). The molecule has 0 saturated carbocycles. The van der Waals surface area contributed by atoms with E-state index in [1.165, 1.54) is 36.4 Å². The smallest absolute Gasteiger partial charge is 0.310 e. The number of benzene rings is 2. The van der Waals surface area contributed by atoms with Gasteiger partial charge in [0.1, 0.15) is 5.60 Å². The van der Waals surface area contributed by atoms with Crippen molar-refractivity contribution in [2.75, 3.05) is 0 Å². The topological polar surface area (TPSA) is 89.5 Å². The number of halogens is 1. The van der Waals surface area contributed by atoms with Gasteiger partial charge in [0.15, 0.2) is 0 Å². The van der Waals surface area contributed by atoms with Gasteiger partial charge in [0.2, 0.25) is 0 Å². The molecule has 144 valence electrons. The maximum Gasteiger partial charge on any atom is 0.310 e. The first kappa shape index (κ1) is 21.1. The maximum absolute atomic E-state index is 12.4. The minimum absolute atomic E-state index is 0.0306. The predicted octanol–water partition coefficient (Wildman–Crippen LogP) is 3.45. The number of nitrogens with one attached hydrogen (secondary N) is 1. The van der Waals surface area contributed by atoms with E-state index in [0.29, 0.717) is 5.56 Å². The van der Waals surface area contributed by atoms with Crippen LogP contribution in [0.4, 0.5) is 0 Å². The van der Waals surface area contributed by atoms with Gasteiger partial charge < -0.3 is 4.74 Å². The van der Waals surface area contributed by atoms with Crippen molar-refractivity contribution in [3.63, 3.8) is 0 Å². The van der Waals surface area contributed by atoms with E-state index in [1.54, 1.807) is 32.9 Å². The zero-order chi connectivity index (χ0) is 20.2. The van der Waals surface area contributed by atoms with Crippen LogP contribution in [-0.4, -0.2) is 25.9 Å². The van der Waals surface area contributed by atoms with E-state index in [-0.39, 0.29) is 16.9 Å². The molecule has 0 spiro atoms. The fraction of sp³-hybridized carbons (Fsp3) is 0.263. The molecule has 0 aliphatic carbocycles. The first-order valence-corrected chi connectivity index (χ1v) is 10.4. The van der Waals surface area contributed by atoms with Crippen LogP contribution in [0.5, 0.6) is 0 Å². The van der Waals surface area contributed by atoms with E-state index in [0.717, 1.165) is 4.47 Å². The number of carbonyl (C=O) groups excluding carboxylic acids is 2. The van der Waals surface area contributed by atoms with Crippen LogP contribution in [0.25, 0.3) is 0 Å². The number of esters is 1. The Balaban J connectivity index is 2.07. The molecule has 1 amide bonds. The number of carbonyl (C=O) groups is 2. The Labute approximate surface area is 167 Å². The molecule has 2 aromatic carbocycles. The highest BCUT2D eigenvalue weighted by Crippen LogP contribution is 2.15. The monoisotopic (exact) mass is 453 g/mol. The lowest BCUT2D eigenvalue weighted by atomic mass is 10.1. The average Bonchev–Trinajstić information content (AvgIpc) is 2.53. The number of sulfonamides is 1. The highest BCUT2D eigenvalue weighted by Gasteiger charge is 2.20. The Kier molecular flexibility index (Phi) is 6.43. The highest BCUT2D eigenvalue weighted by atomic mass is 79.9. The summed E-state index contributed by atoms with van der Waals surface area (Å²) in [6.45, 7) is 5.32. The zero-order valence-electron chi connectivity index (χ0n) is 15.2. The molecule has 0 bridgehead atoms. The Morgan fingerprint density at radius 3 is 2.07 bits per heavy atom. The van der Waals surface area contributed by atoms with Crippen molar-refractivity contribution in [2.24, 2.45) is 0 Å². The second-order valence-electron chi connectivity index (χ2n) is 6.85. The molecule has 2 aromatic rings. The third kappa shape index (κ3) is 6.48. The van der Waals surface area contributed by atoms with Crippen molar-refractivity contribution in [1.82, 2.24) is 4.72 Å². The van der Waals surface area contributed by atoms with Crippen LogP contribution < -0.4 is 4.72 Å². The molecule has 0 fully saturated rings. The lowest BCUT2D eigenvalue weighted by Gasteiger charge is -2.19.